The molecule has 2 rings (SSSR count). The van der Waals surface area contributed by atoms with Crippen LogP contribution in [0.2, 0.25) is 0 Å². The van der Waals surface area contributed by atoms with E-state index in [0.29, 0.717) is 18.2 Å². The molecule has 1 aromatic rings. The summed E-state index contributed by atoms with van der Waals surface area (Å²) < 4.78 is 0. The van der Waals surface area contributed by atoms with Gasteiger partial charge in [0.1, 0.15) is 11.6 Å². The summed E-state index contributed by atoms with van der Waals surface area (Å²) in [5.74, 6) is 0.709. The van der Waals surface area contributed by atoms with Crippen LogP contribution < -0.4 is 5.32 Å². The molecule has 1 aromatic heterocycles. The monoisotopic (exact) mass is 263 g/mol. The summed E-state index contributed by atoms with van der Waals surface area (Å²) in [6.07, 6.45) is 7.46. The third-order valence-corrected chi connectivity index (χ3v) is 3.90. The minimum atomic E-state index is -0.687. The smallest absolute Gasteiger partial charge is 0.311 e. The third kappa shape index (κ3) is 3.43. The molecule has 0 saturated heterocycles. The van der Waals surface area contributed by atoms with Gasteiger partial charge in [-0.05, 0) is 25.8 Å². The second-order valence-electron chi connectivity index (χ2n) is 5.34. The van der Waals surface area contributed by atoms with E-state index in [2.05, 4.69) is 15.3 Å². The van der Waals surface area contributed by atoms with Crippen LogP contribution >= 0.6 is 0 Å². The summed E-state index contributed by atoms with van der Waals surface area (Å²) in [5, 5.41) is 12.7. The van der Waals surface area contributed by atoms with Crippen LogP contribution in [-0.4, -0.2) is 27.6 Å². The minimum Gasteiger partial charge on any atom is -0.481 e. The molecule has 1 heterocycles. The molecule has 104 valence electrons. The lowest BCUT2D eigenvalue weighted by Crippen LogP contribution is -2.37. The van der Waals surface area contributed by atoms with E-state index in [1.807, 2.05) is 6.92 Å². The second-order valence-corrected chi connectivity index (χ2v) is 5.34. The molecular weight excluding hydrogens is 242 g/mol. The SMILES string of the molecule is Cc1nccc(NCC2(C(=O)O)CCCCCC2)n1. The third-order valence-electron chi connectivity index (χ3n) is 3.90. The van der Waals surface area contributed by atoms with Gasteiger partial charge in [0, 0.05) is 12.7 Å². The summed E-state index contributed by atoms with van der Waals surface area (Å²) in [5.41, 5.74) is -0.643. The van der Waals surface area contributed by atoms with Gasteiger partial charge >= 0.3 is 5.97 Å². The van der Waals surface area contributed by atoms with Crippen molar-refractivity contribution in [3.8, 4) is 0 Å². The molecule has 0 aliphatic heterocycles. The lowest BCUT2D eigenvalue weighted by atomic mass is 9.80. The van der Waals surface area contributed by atoms with Gasteiger partial charge in [-0.25, -0.2) is 9.97 Å². The summed E-state index contributed by atoms with van der Waals surface area (Å²) in [6.45, 7) is 2.27. The molecule has 1 aliphatic carbocycles. The zero-order chi connectivity index (χ0) is 13.7. The molecule has 0 amide bonds. The minimum absolute atomic E-state index is 0.443. The van der Waals surface area contributed by atoms with Crippen molar-refractivity contribution in [3.63, 3.8) is 0 Å². The van der Waals surface area contributed by atoms with Crippen LogP contribution in [0.5, 0.6) is 0 Å². The number of carboxylic acids is 1. The highest BCUT2D eigenvalue weighted by molar-refractivity contribution is 5.75. The van der Waals surface area contributed by atoms with Crippen LogP contribution in [0.3, 0.4) is 0 Å². The topological polar surface area (TPSA) is 75.1 Å². The van der Waals surface area contributed by atoms with Gasteiger partial charge in [-0.3, -0.25) is 4.79 Å². The van der Waals surface area contributed by atoms with Crippen molar-refractivity contribution in [3.05, 3.63) is 18.1 Å². The van der Waals surface area contributed by atoms with E-state index in [-0.39, 0.29) is 0 Å². The Kier molecular flexibility index (Phi) is 4.35. The number of nitrogens with one attached hydrogen (secondary N) is 1. The summed E-state index contributed by atoms with van der Waals surface area (Å²) >= 11 is 0. The largest absolute Gasteiger partial charge is 0.481 e. The summed E-state index contributed by atoms with van der Waals surface area (Å²) in [4.78, 5) is 19.9. The van der Waals surface area contributed by atoms with Gasteiger partial charge in [0.05, 0.1) is 5.41 Å². The molecule has 5 nitrogen and oxygen atoms in total. The number of hydrogen-bond acceptors (Lipinski definition) is 4. The lowest BCUT2D eigenvalue weighted by Gasteiger charge is -2.28. The van der Waals surface area contributed by atoms with Gasteiger partial charge < -0.3 is 10.4 Å². The molecule has 0 bridgehead atoms. The van der Waals surface area contributed by atoms with E-state index >= 15 is 0 Å². The first kappa shape index (κ1) is 13.8. The first-order valence-electron chi connectivity index (χ1n) is 6.89. The standard InChI is InChI=1S/C14H21N3O2/c1-11-15-9-6-12(17-11)16-10-14(13(18)19)7-4-2-3-5-8-14/h6,9H,2-5,7-8,10H2,1H3,(H,18,19)(H,15,16,17). The maximum Gasteiger partial charge on any atom is 0.311 e. The van der Waals surface area contributed by atoms with Crippen molar-refractivity contribution in [2.24, 2.45) is 5.41 Å². The van der Waals surface area contributed by atoms with Crippen molar-refractivity contribution in [1.82, 2.24) is 9.97 Å². The van der Waals surface area contributed by atoms with Crippen LogP contribution in [-0.2, 0) is 4.79 Å². The Morgan fingerprint density at radius 3 is 2.63 bits per heavy atom. The molecule has 0 unspecified atom stereocenters. The Hall–Kier alpha value is -1.65. The predicted octanol–water partition coefficient (Wildman–Crippen LogP) is 2.62. The summed E-state index contributed by atoms with van der Waals surface area (Å²) in [6, 6.07) is 1.78. The quantitative estimate of drug-likeness (QED) is 0.817. The molecule has 2 N–H and O–H groups in total. The van der Waals surface area contributed by atoms with E-state index in [4.69, 9.17) is 0 Å². The number of nitrogens with zero attached hydrogens (tertiary/aromatic N) is 2. The van der Waals surface area contributed by atoms with E-state index in [1.54, 1.807) is 12.3 Å². The van der Waals surface area contributed by atoms with Gasteiger partial charge in [0.2, 0.25) is 0 Å². The Morgan fingerprint density at radius 1 is 1.37 bits per heavy atom. The van der Waals surface area contributed by atoms with Crippen molar-refractivity contribution < 1.29 is 9.90 Å². The molecule has 0 spiro atoms. The van der Waals surface area contributed by atoms with Crippen LogP contribution in [0.4, 0.5) is 5.82 Å². The molecule has 1 fully saturated rings. The Balaban J connectivity index is 2.06. The van der Waals surface area contributed by atoms with Gasteiger partial charge in [-0.2, -0.15) is 0 Å². The lowest BCUT2D eigenvalue weighted by molar-refractivity contribution is -0.149. The fourth-order valence-corrected chi connectivity index (χ4v) is 2.69. The number of aliphatic carboxylic acids is 1. The van der Waals surface area contributed by atoms with Gasteiger partial charge in [-0.15, -0.1) is 0 Å². The Morgan fingerprint density at radius 2 is 2.05 bits per heavy atom. The highest BCUT2D eigenvalue weighted by Crippen LogP contribution is 2.35. The number of aromatic nitrogens is 2. The van der Waals surface area contributed by atoms with Crippen molar-refractivity contribution in [2.45, 2.75) is 45.4 Å². The molecule has 19 heavy (non-hydrogen) atoms. The molecule has 1 saturated carbocycles. The van der Waals surface area contributed by atoms with Gasteiger partial charge in [0.15, 0.2) is 0 Å². The van der Waals surface area contributed by atoms with Crippen molar-refractivity contribution in [1.29, 1.82) is 0 Å². The number of hydrogen-bond donors (Lipinski definition) is 2. The molecule has 1 aliphatic rings. The van der Waals surface area contributed by atoms with Crippen LogP contribution in [0.15, 0.2) is 12.3 Å². The highest BCUT2D eigenvalue weighted by atomic mass is 16.4. The number of aryl methyl sites for hydroxylation is 1. The first-order valence-corrected chi connectivity index (χ1v) is 6.89. The van der Waals surface area contributed by atoms with Gasteiger partial charge in [-0.1, -0.05) is 25.7 Å². The molecule has 0 atom stereocenters. The average molecular weight is 263 g/mol. The second kappa shape index (κ2) is 5.99. The number of anilines is 1. The molecule has 0 radical (unpaired) electrons. The average Bonchev–Trinajstić information content (AvgIpc) is 2.63. The molecular formula is C14H21N3O2. The van der Waals surface area contributed by atoms with E-state index in [9.17, 15) is 9.90 Å². The number of carbonyl (C=O) groups is 1. The maximum absolute atomic E-state index is 11.6. The van der Waals surface area contributed by atoms with Gasteiger partial charge in [0.25, 0.3) is 0 Å². The zero-order valence-electron chi connectivity index (χ0n) is 11.4. The van der Waals surface area contributed by atoms with Crippen molar-refractivity contribution >= 4 is 11.8 Å². The molecule has 0 aromatic carbocycles. The Bertz CT molecular complexity index is 440. The highest BCUT2D eigenvalue weighted by Gasteiger charge is 2.38. The van der Waals surface area contributed by atoms with E-state index in [1.165, 1.54) is 0 Å². The van der Waals surface area contributed by atoms with Crippen molar-refractivity contribution in [2.75, 3.05) is 11.9 Å². The molecule has 5 heteroatoms. The predicted molar refractivity (Wildman–Crippen MR) is 73.0 cm³/mol. The first-order chi connectivity index (χ1) is 9.12. The fourth-order valence-electron chi connectivity index (χ4n) is 2.69. The normalized spacial score (nSPS) is 18.6. The van der Waals surface area contributed by atoms with E-state index < -0.39 is 11.4 Å². The van der Waals surface area contributed by atoms with Crippen LogP contribution in [0, 0.1) is 12.3 Å². The fraction of sp³-hybridized carbons (Fsp3) is 0.643. The van der Waals surface area contributed by atoms with E-state index in [0.717, 1.165) is 38.5 Å². The zero-order valence-corrected chi connectivity index (χ0v) is 11.4. The number of rotatable bonds is 4. The van der Waals surface area contributed by atoms with Crippen LogP contribution in [0.1, 0.15) is 44.3 Å². The Labute approximate surface area is 113 Å². The van der Waals surface area contributed by atoms with Crippen LogP contribution in [0.25, 0.3) is 0 Å². The number of carboxylic acid groups (broad SMARTS) is 1. The maximum atomic E-state index is 11.6. The summed E-state index contributed by atoms with van der Waals surface area (Å²) in [7, 11) is 0.